The van der Waals surface area contributed by atoms with Crippen molar-refractivity contribution in [3.8, 4) is 0 Å². The molecule has 0 spiro atoms. The summed E-state index contributed by atoms with van der Waals surface area (Å²) >= 11 is 0. The Labute approximate surface area is 98.9 Å². The average molecular weight is 234 g/mol. The topological polar surface area (TPSA) is 47.9 Å². The third-order valence-electron chi connectivity index (χ3n) is 1.99. The highest BCUT2D eigenvalue weighted by molar-refractivity contribution is 4.50. The zero-order valence-corrected chi connectivity index (χ0v) is 10.8. The molecule has 0 bridgehead atoms. The van der Waals surface area contributed by atoms with Gasteiger partial charge < -0.3 is 19.3 Å². The van der Waals surface area contributed by atoms with Crippen molar-refractivity contribution in [2.24, 2.45) is 0 Å². The number of unbranched alkanes of at least 4 members (excludes halogenated alkanes) is 1. The van der Waals surface area contributed by atoms with Gasteiger partial charge in [-0.25, -0.2) is 0 Å². The van der Waals surface area contributed by atoms with Gasteiger partial charge in [-0.3, -0.25) is 0 Å². The maximum Gasteiger partial charge on any atom is 0.0781 e. The van der Waals surface area contributed by atoms with Gasteiger partial charge in [-0.05, 0) is 20.3 Å². The van der Waals surface area contributed by atoms with Gasteiger partial charge in [-0.1, -0.05) is 13.3 Å². The molecule has 2 atom stereocenters. The Balaban J connectivity index is 3.12. The summed E-state index contributed by atoms with van der Waals surface area (Å²) in [5.74, 6) is 0. The largest absolute Gasteiger partial charge is 0.391 e. The quantitative estimate of drug-likeness (QED) is 0.552. The molecule has 0 heterocycles. The molecule has 4 nitrogen and oxygen atoms in total. The molecule has 0 radical (unpaired) electrons. The molecule has 4 heteroatoms. The van der Waals surface area contributed by atoms with E-state index in [1.54, 1.807) is 6.92 Å². The molecule has 1 N–H and O–H groups in total. The lowest BCUT2D eigenvalue weighted by molar-refractivity contribution is -0.0456. The minimum Gasteiger partial charge on any atom is -0.391 e. The van der Waals surface area contributed by atoms with Crippen LogP contribution in [0.1, 0.15) is 33.6 Å². The van der Waals surface area contributed by atoms with Crippen LogP contribution in [-0.2, 0) is 14.2 Å². The fourth-order valence-electron chi connectivity index (χ4n) is 1.07. The van der Waals surface area contributed by atoms with E-state index >= 15 is 0 Å². The normalized spacial score (nSPS) is 15.0. The number of aliphatic hydroxyl groups is 1. The number of hydrogen-bond acceptors (Lipinski definition) is 4. The van der Waals surface area contributed by atoms with E-state index in [0.717, 1.165) is 19.4 Å². The van der Waals surface area contributed by atoms with E-state index in [9.17, 15) is 0 Å². The monoisotopic (exact) mass is 234 g/mol. The molecule has 0 aromatic carbocycles. The Morgan fingerprint density at radius 1 is 1.00 bits per heavy atom. The van der Waals surface area contributed by atoms with Gasteiger partial charge in [-0.2, -0.15) is 0 Å². The minimum absolute atomic E-state index is 0.0187. The number of rotatable bonds is 11. The molecule has 0 saturated heterocycles. The van der Waals surface area contributed by atoms with Crippen LogP contribution in [-0.4, -0.2) is 50.3 Å². The molecule has 0 saturated carbocycles. The molecule has 2 unspecified atom stereocenters. The Kier molecular flexibility index (Phi) is 11.2. The van der Waals surface area contributed by atoms with Crippen LogP contribution in [0.25, 0.3) is 0 Å². The maximum absolute atomic E-state index is 9.01. The van der Waals surface area contributed by atoms with Crippen LogP contribution >= 0.6 is 0 Å². The van der Waals surface area contributed by atoms with Crippen molar-refractivity contribution in [3.05, 3.63) is 0 Å². The summed E-state index contributed by atoms with van der Waals surface area (Å²) in [7, 11) is 0. The second-order valence-electron chi connectivity index (χ2n) is 4.03. The minimum atomic E-state index is -0.417. The van der Waals surface area contributed by atoms with E-state index in [0.29, 0.717) is 26.4 Å². The first-order valence-electron chi connectivity index (χ1n) is 6.12. The fraction of sp³-hybridized carbons (Fsp3) is 1.00. The summed E-state index contributed by atoms with van der Waals surface area (Å²) in [5, 5.41) is 9.01. The average Bonchev–Trinajstić information content (AvgIpc) is 2.25. The van der Waals surface area contributed by atoms with Crippen molar-refractivity contribution in [1.29, 1.82) is 0 Å². The van der Waals surface area contributed by atoms with Crippen molar-refractivity contribution in [2.75, 3.05) is 33.0 Å². The van der Waals surface area contributed by atoms with E-state index in [4.69, 9.17) is 19.3 Å². The highest BCUT2D eigenvalue weighted by Gasteiger charge is 2.04. The van der Waals surface area contributed by atoms with Gasteiger partial charge in [0.2, 0.25) is 0 Å². The lowest BCUT2D eigenvalue weighted by Gasteiger charge is -2.14. The second kappa shape index (κ2) is 11.3. The van der Waals surface area contributed by atoms with E-state index in [1.165, 1.54) is 0 Å². The van der Waals surface area contributed by atoms with Crippen molar-refractivity contribution in [2.45, 2.75) is 45.8 Å². The molecule has 0 fully saturated rings. The predicted molar refractivity (Wildman–Crippen MR) is 63.6 cm³/mol. The lowest BCUT2D eigenvalue weighted by atomic mass is 10.4. The Morgan fingerprint density at radius 3 is 2.31 bits per heavy atom. The van der Waals surface area contributed by atoms with Gasteiger partial charge in [0.25, 0.3) is 0 Å². The number of aliphatic hydroxyl groups excluding tert-OH is 1. The van der Waals surface area contributed by atoms with Gasteiger partial charge in [0, 0.05) is 6.61 Å². The van der Waals surface area contributed by atoms with Gasteiger partial charge in [0.1, 0.15) is 0 Å². The molecule has 16 heavy (non-hydrogen) atoms. The van der Waals surface area contributed by atoms with Crippen molar-refractivity contribution in [1.82, 2.24) is 0 Å². The second-order valence-corrected chi connectivity index (χ2v) is 4.03. The Bertz CT molecular complexity index is 139. The summed E-state index contributed by atoms with van der Waals surface area (Å²) in [5.41, 5.74) is 0. The Hall–Kier alpha value is -0.160. The SMILES string of the molecule is CCCCOCCOCC(C)OCC(C)O. The van der Waals surface area contributed by atoms with Crippen LogP contribution in [0.3, 0.4) is 0 Å². The molecule has 0 rings (SSSR count). The van der Waals surface area contributed by atoms with Crippen LogP contribution in [0.2, 0.25) is 0 Å². The van der Waals surface area contributed by atoms with E-state index in [1.807, 2.05) is 6.92 Å². The molecular formula is C12H26O4. The summed E-state index contributed by atoms with van der Waals surface area (Å²) in [4.78, 5) is 0. The van der Waals surface area contributed by atoms with E-state index < -0.39 is 6.10 Å². The summed E-state index contributed by atoms with van der Waals surface area (Å²) in [6.07, 6.45) is 1.86. The predicted octanol–water partition coefficient (Wildman–Crippen LogP) is 1.61. The maximum atomic E-state index is 9.01. The summed E-state index contributed by atoms with van der Waals surface area (Å²) in [6, 6.07) is 0. The van der Waals surface area contributed by atoms with Gasteiger partial charge in [0.15, 0.2) is 0 Å². The molecular weight excluding hydrogens is 208 g/mol. The first kappa shape index (κ1) is 15.8. The van der Waals surface area contributed by atoms with E-state index in [2.05, 4.69) is 6.92 Å². The zero-order chi connectivity index (χ0) is 12.2. The van der Waals surface area contributed by atoms with Gasteiger partial charge >= 0.3 is 0 Å². The standard InChI is InChI=1S/C12H26O4/c1-4-5-6-14-7-8-15-10-12(3)16-9-11(2)13/h11-13H,4-10H2,1-3H3. The molecule has 0 aliphatic rings. The molecule has 0 amide bonds. The third-order valence-corrected chi connectivity index (χ3v) is 1.99. The third kappa shape index (κ3) is 11.9. The molecule has 98 valence electrons. The smallest absolute Gasteiger partial charge is 0.0781 e. The lowest BCUT2D eigenvalue weighted by Crippen LogP contribution is -2.22. The molecule has 0 aromatic rings. The van der Waals surface area contributed by atoms with Crippen LogP contribution in [0.4, 0.5) is 0 Å². The molecule has 0 aromatic heterocycles. The summed E-state index contributed by atoms with van der Waals surface area (Å²) in [6.45, 7) is 8.74. The highest BCUT2D eigenvalue weighted by Crippen LogP contribution is 1.94. The van der Waals surface area contributed by atoms with Gasteiger partial charge in [-0.15, -0.1) is 0 Å². The van der Waals surface area contributed by atoms with Crippen LogP contribution in [0.5, 0.6) is 0 Å². The van der Waals surface area contributed by atoms with Crippen molar-refractivity contribution in [3.63, 3.8) is 0 Å². The van der Waals surface area contributed by atoms with Crippen LogP contribution < -0.4 is 0 Å². The fourth-order valence-corrected chi connectivity index (χ4v) is 1.07. The van der Waals surface area contributed by atoms with Crippen LogP contribution in [0, 0.1) is 0 Å². The first-order chi connectivity index (χ1) is 7.66. The highest BCUT2D eigenvalue weighted by atomic mass is 16.5. The van der Waals surface area contributed by atoms with Gasteiger partial charge in [0.05, 0.1) is 38.6 Å². The molecule has 0 aliphatic carbocycles. The summed E-state index contributed by atoms with van der Waals surface area (Å²) < 4.78 is 16.1. The van der Waals surface area contributed by atoms with E-state index in [-0.39, 0.29) is 6.10 Å². The Morgan fingerprint density at radius 2 is 1.69 bits per heavy atom. The number of ether oxygens (including phenoxy) is 3. The zero-order valence-electron chi connectivity index (χ0n) is 10.8. The number of hydrogen-bond donors (Lipinski definition) is 1. The molecule has 0 aliphatic heterocycles. The van der Waals surface area contributed by atoms with Crippen molar-refractivity contribution >= 4 is 0 Å². The van der Waals surface area contributed by atoms with Crippen LogP contribution in [0.15, 0.2) is 0 Å². The van der Waals surface area contributed by atoms with Crippen molar-refractivity contribution < 1.29 is 19.3 Å². The first-order valence-corrected chi connectivity index (χ1v) is 6.12.